The van der Waals surface area contributed by atoms with Gasteiger partial charge in [0.25, 0.3) is 5.91 Å². The number of rotatable bonds is 5. The minimum absolute atomic E-state index is 0.153. The summed E-state index contributed by atoms with van der Waals surface area (Å²) in [4.78, 5) is 24.3. The van der Waals surface area contributed by atoms with Crippen molar-refractivity contribution in [1.82, 2.24) is 9.78 Å². The van der Waals surface area contributed by atoms with Crippen molar-refractivity contribution in [2.75, 3.05) is 26.6 Å². The molecule has 0 aliphatic carbocycles. The third kappa shape index (κ3) is 3.25. The molecule has 23 heavy (non-hydrogen) atoms. The van der Waals surface area contributed by atoms with Crippen LogP contribution in [0.2, 0.25) is 0 Å². The fraction of sp³-hybridized carbons (Fsp3) is 0.267. The lowest BCUT2D eigenvalue weighted by Gasteiger charge is -2.14. The van der Waals surface area contributed by atoms with Gasteiger partial charge in [0.05, 0.1) is 32.6 Å². The van der Waals surface area contributed by atoms with Gasteiger partial charge in [-0.25, -0.2) is 4.79 Å². The Hall–Kier alpha value is -3.03. The number of hydrogen-bond acceptors (Lipinski definition) is 6. The second-order valence-corrected chi connectivity index (χ2v) is 4.54. The number of esters is 1. The van der Waals surface area contributed by atoms with E-state index in [9.17, 15) is 9.59 Å². The molecule has 0 unspecified atom stereocenters. The first-order chi connectivity index (χ1) is 11.0. The predicted octanol–water partition coefficient (Wildman–Crippen LogP) is 1.48. The summed E-state index contributed by atoms with van der Waals surface area (Å²) in [6.45, 7) is 0. The van der Waals surface area contributed by atoms with Crippen molar-refractivity contribution < 1.29 is 23.8 Å². The third-order valence-electron chi connectivity index (χ3n) is 3.23. The number of ether oxygens (including phenoxy) is 3. The molecule has 0 aliphatic heterocycles. The number of aryl methyl sites for hydroxylation is 1. The molecule has 1 aromatic heterocycles. The molecule has 122 valence electrons. The van der Waals surface area contributed by atoms with Crippen LogP contribution in [-0.4, -0.2) is 43.0 Å². The molecule has 0 fully saturated rings. The fourth-order valence-corrected chi connectivity index (χ4v) is 2.04. The number of methoxy groups -OCH3 is 3. The van der Waals surface area contributed by atoms with Crippen molar-refractivity contribution in [3.63, 3.8) is 0 Å². The highest BCUT2D eigenvalue weighted by Gasteiger charge is 2.20. The van der Waals surface area contributed by atoms with Crippen LogP contribution in [0.3, 0.4) is 0 Å². The Bertz CT molecular complexity index is 739. The Kier molecular flexibility index (Phi) is 4.85. The average Bonchev–Trinajstić information content (AvgIpc) is 2.99. The van der Waals surface area contributed by atoms with E-state index < -0.39 is 11.9 Å². The van der Waals surface area contributed by atoms with Crippen molar-refractivity contribution in [1.29, 1.82) is 0 Å². The Labute approximate surface area is 132 Å². The first-order valence-corrected chi connectivity index (χ1v) is 6.65. The number of hydrogen-bond donors (Lipinski definition) is 1. The van der Waals surface area contributed by atoms with E-state index in [1.54, 1.807) is 13.1 Å². The van der Waals surface area contributed by atoms with Crippen LogP contribution in [0.15, 0.2) is 24.4 Å². The Balaban J connectivity index is 2.45. The number of carbonyl (C=O) groups excluding carboxylic acids is 2. The minimum atomic E-state index is -0.605. The third-order valence-corrected chi connectivity index (χ3v) is 3.23. The summed E-state index contributed by atoms with van der Waals surface area (Å²) >= 11 is 0. The summed E-state index contributed by atoms with van der Waals surface area (Å²) in [5.41, 5.74) is 0.747. The van der Waals surface area contributed by atoms with Gasteiger partial charge in [-0.2, -0.15) is 5.10 Å². The molecule has 1 heterocycles. The number of nitrogens with one attached hydrogen (secondary N) is 1. The van der Waals surface area contributed by atoms with Crippen LogP contribution in [-0.2, 0) is 11.8 Å². The van der Waals surface area contributed by atoms with E-state index in [1.165, 1.54) is 44.3 Å². The van der Waals surface area contributed by atoms with Crippen LogP contribution in [0.1, 0.15) is 20.8 Å². The van der Waals surface area contributed by atoms with Gasteiger partial charge < -0.3 is 19.5 Å². The first-order valence-electron chi connectivity index (χ1n) is 6.65. The molecule has 0 aliphatic rings. The highest BCUT2D eigenvalue weighted by Crippen LogP contribution is 2.34. The molecule has 0 radical (unpaired) electrons. The topological polar surface area (TPSA) is 91.7 Å². The Morgan fingerprint density at radius 3 is 2.30 bits per heavy atom. The molecule has 0 saturated carbocycles. The summed E-state index contributed by atoms with van der Waals surface area (Å²) in [6.07, 6.45) is 1.50. The zero-order valence-corrected chi connectivity index (χ0v) is 13.2. The summed E-state index contributed by atoms with van der Waals surface area (Å²) in [7, 11) is 5.81. The van der Waals surface area contributed by atoms with E-state index in [-0.39, 0.29) is 11.3 Å². The van der Waals surface area contributed by atoms with Crippen molar-refractivity contribution in [2.24, 2.45) is 7.05 Å². The lowest BCUT2D eigenvalue weighted by molar-refractivity contribution is 0.0601. The highest BCUT2D eigenvalue weighted by molar-refractivity contribution is 6.07. The molecule has 8 nitrogen and oxygen atoms in total. The first kappa shape index (κ1) is 16.3. The van der Waals surface area contributed by atoms with Gasteiger partial charge >= 0.3 is 5.97 Å². The van der Waals surface area contributed by atoms with Gasteiger partial charge in [0.2, 0.25) is 0 Å². The van der Waals surface area contributed by atoms with Gasteiger partial charge in [-0.15, -0.1) is 0 Å². The summed E-state index contributed by atoms with van der Waals surface area (Å²) in [6, 6.07) is 4.51. The molecule has 0 saturated heterocycles. The molecule has 0 spiro atoms. The smallest absolute Gasteiger partial charge is 0.340 e. The second-order valence-electron chi connectivity index (χ2n) is 4.54. The lowest BCUT2D eigenvalue weighted by Crippen LogP contribution is -2.18. The van der Waals surface area contributed by atoms with Crippen molar-refractivity contribution >= 4 is 17.6 Å². The number of amides is 1. The van der Waals surface area contributed by atoms with Gasteiger partial charge in [-0.1, -0.05) is 0 Å². The maximum atomic E-state index is 12.3. The molecule has 2 aromatic rings. The van der Waals surface area contributed by atoms with E-state index in [4.69, 9.17) is 14.2 Å². The van der Waals surface area contributed by atoms with E-state index in [1.807, 2.05) is 0 Å². The van der Waals surface area contributed by atoms with E-state index in [0.717, 1.165) is 0 Å². The van der Waals surface area contributed by atoms with Gasteiger partial charge in [0.1, 0.15) is 5.69 Å². The van der Waals surface area contributed by atoms with Gasteiger partial charge in [0, 0.05) is 25.4 Å². The van der Waals surface area contributed by atoms with Crippen molar-refractivity contribution in [2.45, 2.75) is 0 Å². The number of carbonyl (C=O) groups is 2. The Morgan fingerprint density at radius 1 is 1.13 bits per heavy atom. The van der Waals surface area contributed by atoms with Crippen LogP contribution < -0.4 is 14.8 Å². The van der Waals surface area contributed by atoms with Crippen molar-refractivity contribution in [3.05, 3.63) is 35.7 Å². The van der Waals surface area contributed by atoms with Crippen LogP contribution in [0.5, 0.6) is 11.5 Å². The molecule has 8 heteroatoms. The van der Waals surface area contributed by atoms with Crippen LogP contribution >= 0.6 is 0 Å². The van der Waals surface area contributed by atoms with E-state index >= 15 is 0 Å². The molecular formula is C15H17N3O5. The number of anilines is 1. The molecule has 0 bridgehead atoms. The molecule has 1 N–H and O–H groups in total. The van der Waals surface area contributed by atoms with Crippen LogP contribution in [0.25, 0.3) is 0 Å². The average molecular weight is 319 g/mol. The van der Waals surface area contributed by atoms with Gasteiger partial charge in [-0.05, 0) is 6.07 Å². The molecule has 0 atom stereocenters. The van der Waals surface area contributed by atoms with Gasteiger partial charge in [0.15, 0.2) is 11.5 Å². The standard InChI is InChI=1S/C15H17N3O5/c1-18-11(5-6-16-18)14(19)17-10-8-13(22-3)12(21-2)7-9(10)15(20)23-4/h5-8H,1-4H3,(H,17,19). The molecular weight excluding hydrogens is 302 g/mol. The van der Waals surface area contributed by atoms with Gasteiger partial charge in [-0.3, -0.25) is 9.48 Å². The number of benzene rings is 1. The maximum Gasteiger partial charge on any atom is 0.340 e. The summed E-state index contributed by atoms with van der Waals surface area (Å²) < 4.78 is 16.5. The number of nitrogens with zero attached hydrogens (tertiary/aromatic N) is 2. The zero-order valence-electron chi connectivity index (χ0n) is 13.2. The normalized spacial score (nSPS) is 10.1. The SMILES string of the molecule is COC(=O)c1cc(OC)c(OC)cc1NC(=O)c1ccnn1C. The van der Waals surface area contributed by atoms with E-state index in [0.29, 0.717) is 17.2 Å². The largest absolute Gasteiger partial charge is 0.493 e. The Morgan fingerprint density at radius 2 is 1.78 bits per heavy atom. The lowest BCUT2D eigenvalue weighted by atomic mass is 10.1. The minimum Gasteiger partial charge on any atom is -0.493 e. The second kappa shape index (κ2) is 6.82. The molecule has 1 aromatic carbocycles. The quantitative estimate of drug-likeness (QED) is 0.839. The summed E-state index contributed by atoms with van der Waals surface area (Å²) in [5.74, 6) is -0.291. The van der Waals surface area contributed by atoms with E-state index in [2.05, 4.69) is 10.4 Å². The molecule has 1 amide bonds. The fourth-order valence-electron chi connectivity index (χ4n) is 2.04. The highest BCUT2D eigenvalue weighted by atomic mass is 16.5. The number of aromatic nitrogens is 2. The monoisotopic (exact) mass is 319 g/mol. The predicted molar refractivity (Wildman–Crippen MR) is 82.0 cm³/mol. The van der Waals surface area contributed by atoms with Crippen molar-refractivity contribution in [3.8, 4) is 11.5 Å². The van der Waals surface area contributed by atoms with Crippen LogP contribution in [0, 0.1) is 0 Å². The molecule has 2 rings (SSSR count). The summed E-state index contributed by atoms with van der Waals surface area (Å²) in [5, 5.41) is 6.59. The van der Waals surface area contributed by atoms with Crippen LogP contribution in [0.4, 0.5) is 5.69 Å². The maximum absolute atomic E-state index is 12.3. The zero-order chi connectivity index (χ0) is 17.0.